The summed E-state index contributed by atoms with van der Waals surface area (Å²) < 4.78 is 1.81. The van der Waals surface area contributed by atoms with Crippen molar-refractivity contribution in [3.8, 4) is 0 Å². The van der Waals surface area contributed by atoms with Gasteiger partial charge in [-0.3, -0.25) is 4.68 Å². The number of hydrogen-bond donors (Lipinski definition) is 3. The number of nitrogens with one attached hydrogen (secondary N) is 2. The Balaban J connectivity index is 2.17. The number of nitrogens with two attached hydrogens (primary N) is 1. The van der Waals surface area contributed by atoms with Crippen molar-refractivity contribution in [3.05, 3.63) is 33.6 Å². The van der Waals surface area contributed by atoms with Gasteiger partial charge < -0.3 is 10.7 Å². The number of halogens is 2. The lowest BCUT2D eigenvalue weighted by molar-refractivity contribution is 0.738. The first-order chi connectivity index (χ1) is 9.02. The number of hydrogen-bond acceptors (Lipinski definition) is 5. The molecule has 2 aromatic rings. The number of pyridine rings is 1. The molecule has 0 amide bonds. The summed E-state index contributed by atoms with van der Waals surface area (Å²) in [5, 5.41) is 8.11. The van der Waals surface area contributed by atoms with Crippen LogP contribution in [0.2, 0.25) is 10.0 Å². The van der Waals surface area contributed by atoms with Gasteiger partial charge in [0.1, 0.15) is 5.82 Å². The van der Waals surface area contributed by atoms with E-state index in [2.05, 4.69) is 20.8 Å². The average Bonchev–Trinajstić information content (AvgIpc) is 2.69. The molecule has 102 valence electrons. The Bertz CT molecular complexity index is 595. The number of rotatable bonds is 4. The molecule has 2 aromatic heterocycles. The van der Waals surface area contributed by atoms with Crippen molar-refractivity contribution in [1.82, 2.24) is 14.8 Å². The summed E-state index contributed by atoms with van der Waals surface area (Å²) in [5.41, 5.74) is 4.56. The zero-order valence-electron chi connectivity index (χ0n) is 10.5. The van der Waals surface area contributed by atoms with Gasteiger partial charge in [0.2, 0.25) is 0 Å². The van der Waals surface area contributed by atoms with E-state index in [1.165, 1.54) is 0 Å². The van der Waals surface area contributed by atoms with E-state index < -0.39 is 0 Å². The maximum Gasteiger partial charge on any atom is 0.161 e. The van der Waals surface area contributed by atoms with Gasteiger partial charge in [0.05, 0.1) is 16.2 Å². The summed E-state index contributed by atoms with van der Waals surface area (Å²) in [6, 6.07) is 1.59. The number of aryl methyl sites for hydroxylation is 1. The highest BCUT2D eigenvalue weighted by Gasteiger charge is 2.10. The second kappa shape index (κ2) is 5.64. The summed E-state index contributed by atoms with van der Waals surface area (Å²) in [7, 11) is 1.89. The lowest BCUT2D eigenvalue weighted by atomic mass is 10.2. The summed E-state index contributed by atoms with van der Waals surface area (Å²) in [6.07, 6.45) is 1.80. The SMILES string of the molecule is Cc1c(CNc2nc(NN)c(Cl)cc2Cl)cnn1C. The summed E-state index contributed by atoms with van der Waals surface area (Å²) in [5.74, 6) is 6.21. The first-order valence-electron chi connectivity index (χ1n) is 5.57. The van der Waals surface area contributed by atoms with E-state index in [0.29, 0.717) is 28.2 Å². The summed E-state index contributed by atoms with van der Waals surface area (Å²) >= 11 is 12.0. The fraction of sp³-hybridized carbons (Fsp3) is 0.273. The van der Waals surface area contributed by atoms with Crippen molar-refractivity contribution in [3.63, 3.8) is 0 Å². The molecular formula is C11H14Cl2N6. The quantitative estimate of drug-likeness (QED) is 0.596. The topological polar surface area (TPSA) is 80.8 Å². The van der Waals surface area contributed by atoms with Crippen molar-refractivity contribution >= 4 is 34.8 Å². The van der Waals surface area contributed by atoms with E-state index in [0.717, 1.165) is 11.3 Å². The number of nitrogen functional groups attached to an aromatic ring is 1. The smallest absolute Gasteiger partial charge is 0.161 e. The summed E-state index contributed by atoms with van der Waals surface area (Å²) in [6.45, 7) is 2.56. The average molecular weight is 301 g/mol. The molecular weight excluding hydrogens is 287 g/mol. The molecule has 0 aliphatic carbocycles. The standard InChI is InChI=1S/C11H14Cl2N6/c1-6-7(5-16-19(6)2)4-15-10-8(12)3-9(13)11(17-10)18-14/h3,5H,4,14H2,1-2H3,(H2,15,17,18). The molecule has 0 aliphatic rings. The predicted octanol–water partition coefficient (Wildman–Crippen LogP) is 2.33. The van der Waals surface area contributed by atoms with Crippen LogP contribution in [0.25, 0.3) is 0 Å². The Morgan fingerprint density at radius 2 is 2.00 bits per heavy atom. The Morgan fingerprint density at radius 1 is 1.32 bits per heavy atom. The zero-order valence-corrected chi connectivity index (χ0v) is 12.0. The van der Waals surface area contributed by atoms with Crippen LogP contribution < -0.4 is 16.6 Å². The van der Waals surface area contributed by atoms with Crippen LogP contribution in [0.1, 0.15) is 11.3 Å². The first-order valence-corrected chi connectivity index (χ1v) is 6.32. The lowest BCUT2D eigenvalue weighted by Gasteiger charge is -2.10. The molecule has 0 aromatic carbocycles. The molecule has 6 nitrogen and oxygen atoms in total. The van der Waals surface area contributed by atoms with Crippen LogP contribution in [0.4, 0.5) is 11.6 Å². The highest BCUT2D eigenvalue weighted by molar-refractivity contribution is 6.37. The van der Waals surface area contributed by atoms with Gasteiger partial charge >= 0.3 is 0 Å². The number of hydrazine groups is 1. The van der Waals surface area contributed by atoms with E-state index in [-0.39, 0.29) is 0 Å². The van der Waals surface area contributed by atoms with Gasteiger partial charge in [-0.1, -0.05) is 23.2 Å². The van der Waals surface area contributed by atoms with Crippen LogP contribution >= 0.6 is 23.2 Å². The monoisotopic (exact) mass is 300 g/mol. The van der Waals surface area contributed by atoms with Crippen LogP contribution in [0, 0.1) is 6.92 Å². The zero-order chi connectivity index (χ0) is 14.0. The minimum atomic E-state index is 0.371. The Labute approximate surface area is 120 Å². The van der Waals surface area contributed by atoms with E-state index in [1.54, 1.807) is 16.9 Å². The van der Waals surface area contributed by atoms with Gasteiger partial charge in [-0.25, -0.2) is 10.8 Å². The van der Waals surface area contributed by atoms with Crippen LogP contribution in [0.3, 0.4) is 0 Å². The molecule has 4 N–H and O–H groups in total. The second-order valence-corrected chi connectivity index (χ2v) is 4.84. The van der Waals surface area contributed by atoms with E-state index in [1.807, 2.05) is 14.0 Å². The largest absolute Gasteiger partial charge is 0.365 e. The van der Waals surface area contributed by atoms with Crippen molar-refractivity contribution in [1.29, 1.82) is 0 Å². The van der Waals surface area contributed by atoms with Gasteiger partial charge in [0, 0.05) is 24.8 Å². The molecule has 0 radical (unpaired) electrons. The fourth-order valence-corrected chi connectivity index (χ4v) is 2.07. The van der Waals surface area contributed by atoms with Crippen LogP contribution in [-0.4, -0.2) is 14.8 Å². The van der Waals surface area contributed by atoms with Gasteiger partial charge in [0.15, 0.2) is 5.82 Å². The molecule has 0 spiro atoms. The molecule has 8 heteroatoms. The van der Waals surface area contributed by atoms with E-state index in [9.17, 15) is 0 Å². The molecule has 19 heavy (non-hydrogen) atoms. The number of anilines is 2. The van der Waals surface area contributed by atoms with Crippen LogP contribution in [0.15, 0.2) is 12.3 Å². The summed E-state index contributed by atoms with van der Waals surface area (Å²) in [4.78, 5) is 4.20. The third kappa shape index (κ3) is 2.91. The normalized spacial score (nSPS) is 10.6. The lowest BCUT2D eigenvalue weighted by Crippen LogP contribution is -2.11. The Morgan fingerprint density at radius 3 is 2.58 bits per heavy atom. The second-order valence-electron chi connectivity index (χ2n) is 4.03. The van der Waals surface area contributed by atoms with Crippen LogP contribution in [-0.2, 0) is 13.6 Å². The first kappa shape index (κ1) is 13.9. The maximum atomic E-state index is 6.07. The highest BCUT2D eigenvalue weighted by Crippen LogP contribution is 2.28. The van der Waals surface area contributed by atoms with Crippen molar-refractivity contribution < 1.29 is 0 Å². The third-order valence-electron chi connectivity index (χ3n) is 2.85. The molecule has 0 aliphatic heterocycles. The molecule has 2 rings (SSSR count). The molecule has 0 atom stereocenters. The molecule has 0 bridgehead atoms. The molecule has 2 heterocycles. The predicted molar refractivity (Wildman–Crippen MR) is 77.3 cm³/mol. The van der Waals surface area contributed by atoms with E-state index >= 15 is 0 Å². The third-order valence-corrected chi connectivity index (χ3v) is 3.43. The Kier molecular flexibility index (Phi) is 4.14. The molecule has 0 saturated carbocycles. The molecule has 0 unspecified atom stereocenters. The highest BCUT2D eigenvalue weighted by atomic mass is 35.5. The van der Waals surface area contributed by atoms with Gasteiger partial charge in [-0.05, 0) is 13.0 Å². The van der Waals surface area contributed by atoms with Gasteiger partial charge in [-0.2, -0.15) is 5.10 Å². The number of aromatic nitrogens is 3. The molecule has 0 fully saturated rings. The van der Waals surface area contributed by atoms with Crippen molar-refractivity contribution in [2.45, 2.75) is 13.5 Å². The Hall–Kier alpha value is -1.50. The minimum absolute atomic E-state index is 0.371. The van der Waals surface area contributed by atoms with Crippen molar-refractivity contribution in [2.24, 2.45) is 12.9 Å². The fourth-order valence-electron chi connectivity index (χ4n) is 1.59. The van der Waals surface area contributed by atoms with Crippen molar-refractivity contribution in [2.75, 3.05) is 10.7 Å². The maximum absolute atomic E-state index is 6.07. The van der Waals surface area contributed by atoms with Crippen LogP contribution in [0.5, 0.6) is 0 Å². The van der Waals surface area contributed by atoms with Gasteiger partial charge in [0.25, 0.3) is 0 Å². The number of nitrogens with zero attached hydrogens (tertiary/aromatic N) is 3. The minimum Gasteiger partial charge on any atom is -0.365 e. The van der Waals surface area contributed by atoms with Gasteiger partial charge in [-0.15, -0.1) is 0 Å². The molecule has 0 saturated heterocycles. The van der Waals surface area contributed by atoms with E-state index in [4.69, 9.17) is 29.0 Å².